The van der Waals surface area contributed by atoms with E-state index in [1.54, 1.807) is 20.8 Å². The average Bonchev–Trinajstić information content (AvgIpc) is 2.15. The Hall–Kier alpha value is -1.80. The van der Waals surface area contributed by atoms with Crippen LogP contribution in [-0.2, 0) is 0 Å². The van der Waals surface area contributed by atoms with Gasteiger partial charge in [0, 0.05) is 17.8 Å². The van der Waals surface area contributed by atoms with Gasteiger partial charge in [0.05, 0.1) is 10.6 Å². The maximum absolute atomic E-state index is 11.2. The summed E-state index contributed by atoms with van der Waals surface area (Å²) in [5.74, 6) is 0.203. The van der Waals surface area contributed by atoms with Gasteiger partial charge in [0.25, 0.3) is 0 Å². The van der Waals surface area contributed by atoms with Crippen LogP contribution in [0.5, 0.6) is 0 Å². The molecule has 90 valence electrons. The summed E-state index contributed by atoms with van der Waals surface area (Å²) < 4.78 is 0. The van der Waals surface area contributed by atoms with Gasteiger partial charge in [0.15, 0.2) is 0 Å². The summed E-state index contributed by atoms with van der Waals surface area (Å²) in [6, 6.07) is 3.24. The molecule has 0 unspecified atom stereocenters. The van der Waals surface area contributed by atoms with Crippen LogP contribution in [0.4, 0.5) is 10.6 Å². The predicted octanol–water partition coefficient (Wildman–Crippen LogP) is 2.89. The highest BCUT2D eigenvalue weighted by Gasteiger charge is 2.29. The van der Waals surface area contributed by atoms with Gasteiger partial charge in [-0.05, 0) is 20.8 Å². The first-order chi connectivity index (χ1) is 7.77. The van der Waals surface area contributed by atoms with Gasteiger partial charge in [-0.3, -0.25) is 4.90 Å². The number of rotatable bonds is 1. The fraction of sp³-hybridized carbons (Fsp3) is 0.364. The molecule has 6 heteroatoms. The third kappa shape index (κ3) is 2.86. The fourth-order valence-corrected chi connectivity index (χ4v) is 1.54. The number of hydrogen-bond donors (Lipinski definition) is 1. The van der Waals surface area contributed by atoms with Crippen molar-refractivity contribution in [2.24, 2.45) is 0 Å². The first kappa shape index (κ1) is 13.3. The van der Waals surface area contributed by atoms with Crippen LogP contribution in [0, 0.1) is 11.3 Å². The number of nitrogens with zero attached hydrogens (tertiary/aromatic N) is 3. The van der Waals surface area contributed by atoms with Gasteiger partial charge < -0.3 is 5.11 Å². The number of aromatic nitrogens is 1. The lowest BCUT2D eigenvalue weighted by Gasteiger charge is -2.32. The number of pyridine rings is 1. The zero-order valence-electron chi connectivity index (χ0n) is 9.73. The largest absolute Gasteiger partial charge is 0.465 e. The van der Waals surface area contributed by atoms with Crippen molar-refractivity contribution in [2.75, 3.05) is 4.90 Å². The number of nitriles is 1. The second kappa shape index (κ2) is 4.60. The second-order valence-electron chi connectivity index (χ2n) is 4.42. The van der Waals surface area contributed by atoms with Crippen molar-refractivity contribution in [3.63, 3.8) is 0 Å². The van der Waals surface area contributed by atoms with E-state index < -0.39 is 11.6 Å². The summed E-state index contributed by atoms with van der Waals surface area (Å²) in [4.78, 5) is 16.2. The zero-order chi connectivity index (χ0) is 13.2. The molecular formula is C11H12ClN3O2. The Labute approximate surface area is 104 Å². The summed E-state index contributed by atoms with van der Waals surface area (Å²) >= 11 is 5.85. The van der Waals surface area contributed by atoms with Gasteiger partial charge in [-0.25, -0.2) is 9.78 Å². The number of carbonyl (C=O) groups is 1. The Kier molecular flexibility index (Phi) is 3.59. The van der Waals surface area contributed by atoms with E-state index in [2.05, 4.69) is 4.98 Å². The minimum atomic E-state index is -1.12. The van der Waals surface area contributed by atoms with Gasteiger partial charge in [0.1, 0.15) is 11.9 Å². The van der Waals surface area contributed by atoms with E-state index in [-0.39, 0.29) is 16.4 Å². The van der Waals surface area contributed by atoms with Crippen molar-refractivity contribution < 1.29 is 9.90 Å². The summed E-state index contributed by atoms with van der Waals surface area (Å²) in [5.41, 5.74) is -0.425. The highest BCUT2D eigenvalue weighted by Crippen LogP contribution is 2.26. The van der Waals surface area contributed by atoms with Crippen LogP contribution in [0.25, 0.3) is 0 Å². The Balaban J connectivity index is 3.27. The SMILES string of the molecule is CC(C)(C)N(C(=O)O)c1cc(Cl)c(C#N)cn1. The summed E-state index contributed by atoms with van der Waals surface area (Å²) in [6.45, 7) is 5.23. The van der Waals surface area contributed by atoms with Crippen LogP contribution in [0.3, 0.4) is 0 Å². The van der Waals surface area contributed by atoms with Crippen molar-refractivity contribution in [3.8, 4) is 6.07 Å². The predicted molar refractivity (Wildman–Crippen MR) is 64.2 cm³/mol. The molecule has 1 N–H and O–H groups in total. The molecule has 0 aliphatic rings. The molecule has 1 rings (SSSR count). The first-order valence-electron chi connectivity index (χ1n) is 4.86. The van der Waals surface area contributed by atoms with E-state index in [4.69, 9.17) is 22.0 Å². The van der Waals surface area contributed by atoms with E-state index in [1.165, 1.54) is 12.3 Å². The van der Waals surface area contributed by atoms with E-state index in [0.717, 1.165) is 4.90 Å². The van der Waals surface area contributed by atoms with Crippen molar-refractivity contribution in [3.05, 3.63) is 22.8 Å². The lowest BCUT2D eigenvalue weighted by atomic mass is 10.1. The molecular weight excluding hydrogens is 242 g/mol. The van der Waals surface area contributed by atoms with Gasteiger partial charge in [-0.1, -0.05) is 11.6 Å². The fourth-order valence-electron chi connectivity index (χ4n) is 1.35. The molecule has 0 spiro atoms. The molecule has 1 heterocycles. The molecule has 0 saturated carbocycles. The van der Waals surface area contributed by atoms with Crippen LogP contribution >= 0.6 is 11.6 Å². The Morgan fingerprint density at radius 1 is 1.59 bits per heavy atom. The Morgan fingerprint density at radius 3 is 2.53 bits per heavy atom. The van der Waals surface area contributed by atoms with Crippen molar-refractivity contribution in [2.45, 2.75) is 26.3 Å². The second-order valence-corrected chi connectivity index (χ2v) is 4.83. The molecule has 0 radical (unpaired) electrons. The van der Waals surface area contributed by atoms with E-state index in [0.29, 0.717) is 0 Å². The normalized spacial score (nSPS) is 10.8. The maximum Gasteiger partial charge on any atom is 0.413 e. The highest BCUT2D eigenvalue weighted by atomic mass is 35.5. The quantitative estimate of drug-likeness (QED) is 0.835. The smallest absolute Gasteiger partial charge is 0.413 e. The third-order valence-corrected chi connectivity index (χ3v) is 2.36. The van der Waals surface area contributed by atoms with Crippen LogP contribution in [0.15, 0.2) is 12.3 Å². The molecule has 0 aromatic carbocycles. The standard InChI is InChI=1S/C11H12ClN3O2/c1-11(2,3)15(10(16)17)9-4-8(12)7(5-13)6-14-9/h4,6H,1-3H3,(H,16,17). The molecule has 0 aliphatic heterocycles. The van der Waals surface area contributed by atoms with E-state index >= 15 is 0 Å². The summed E-state index contributed by atoms with van der Waals surface area (Å²) in [7, 11) is 0. The van der Waals surface area contributed by atoms with Gasteiger partial charge >= 0.3 is 6.09 Å². The Bertz CT molecular complexity index is 488. The van der Waals surface area contributed by atoms with Crippen molar-refractivity contribution in [1.29, 1.82) is 5.26 Å². The molecule has 1 amide bonds. The molecule has 1 aromatic rings. The lowest BCUT2D eigenvalue weighted by Crippen LogP contribution is -2.45. The lowest BCUT2D eigenvalue weighted by molar-refractivity contribution is 0.195. The first-order valence-corrected chi connectivity index (χ1v) is 5.24. The average molecular weight is 254 g/mol. The van der Waals surface area contributed by atoms with Crippen LogP contribution in [-0.4, -0.2) is 21.7 Å². The van der Waals surface area contributed by atoms with Crippen LogP contribution < -0.4 is 4.90 Å². The van der Waals surface area contributed by atoms with Crippen LogP contribution in [0.1, 0.15) is 26.3 Å². The molecule has 0 fully saturated rings. The molecule has 0 bridgehead atoms. The molecule has 0 atom stereocenters. The number of hydrogen-bond acceptors (Lipinski definition) is 3. The monoisotopic (exact) mass is 253 g/mol. The number of anilines is 1. The van der Waals surface area contributed by atoms with Gasteiger partial charge in [-0.15, -0.1) is 0 Å². The van der Waals surface area contributed by atoms with Gasteiger partial charge in [-0.2, -0.15) is 5.26 Å². The Morgan fingerprint density at radius 2 is 2.18 bits per heavy atom. The minimum absolute atomic E-state index is 0.188. The van der Waals surface area contributed by atoms with Gasteiger partial charge in [0.2, 0.25) is 0 Å². The zero-order valence-corrected chi connectivity index (χ0v) is 10.5. The summed E-state index contributed by atoms with van der Waals surface area (Å²) in [5, 5.41) is 18.1. The van der Waals surface area contributed by atoms with Crippen molar-refractivity contribution in [1.82, 2.24) is 4.98 Å². The van der Waals surface area contributed by atoms with E-state index in [9.17, 15) is 4.79 Å². The third-order valence-electron chi connectivity index (χ3n) is 2.05. The van der Waals surface area contributed by atoms with Crippen molar-refractivity contribution >= 4 is 23.5 Å². The molecule has 0 saturated heterocycles. The molecule has 1 aromatic heterocycles. The molecule has 5 nitrogen and oxygen atoms in total. The highest BCUT2D eigenvalue weighted by molar-refractivity contribution is 6.32. The number of carboxylic acid groups (broad SMARTS) is 1. The number of halogens is 1. The van der Waals surface area contributed by atoms with Crippen LogP contribution in [0.2, 0.25) is 5.02 Å². The molecule has 0 aliphatic carbocycles. The summed E-state index contributed by atoms with van der Waals surface area (Å²) in [6.07, 6.45) is 0.144. The maximum atomic E-state index is 11.2. The topological polar surface area (TPSA) is 77.2 Å². The molecule has 17 heavy (non-hydrogen) atoms. The number of amides is 1. The minimum Gasteiger partial charge on any atom is -0.465 e. The van der Waals surface area contributed by atoms with E-state index in [1.807, 2.05) is 6.07 Å².